The highest BCUT2D eigenvalue weighted by Crippen LogP contribution is 2.36. The smallest absolute Gasteiger partial charge is 0.0586 e. The number of methoxy groups -OCH3 is 1. The van der Waals surface area contributed by atoms with Crippen molar-refractivity contribution in [3.8, 4) is 0 Å². The van der Waals surface area contributed by atoms with Crippen LogP contribution < -0.4 is 11.1 Å². The zero-order valence-corrected chi connectivity index (χ0v) is 9.04. The fourth-order valence-electron chi connectivity index (χ4n) is 3.15. The molecule has 3 nitrogen and oxygen atoms in total. The van der Waals surface area contributed by atoms with Gasteiger partial charge in [-0.1, -0.05) is 0 Å². The van der Waals surface area contributed by atoms with Crippen LogP contribution in [0.15, 0.2) is 0 Å². The third kappa shape index (κ3) is 1.95. The van der Waals surface area contributed by atoms with Gasteiger partial charge in [0, 0.05) is 13.2 Å². The predicted octanol–water partition coefficient (Wildman–Crippen LogP) is 0.738. The summed E-state index contributed by atoms with van der Waals surface area (Å²) in [5, 5.41) is 3.62. The maximum absolute atomic E-state index is 5.63. The van der Waals surface area contributed by atoms with E-state index in [4.69, 9.17) is 10.5 Å². The molecule has 0 aromatic rings. The largest absolute Gasteiger partial charge is 0.381 e. The van der Waals surface area contributed by atoms with E-state index in [1.807, 2.05) is 7.11 Å². The molecule has 1 aliphatic carbocycles. The van der Waals surface area contributed by atoms with E-state index in [1.165, 1.54) is 32.2 Å². The SMILES string of the molecule is COC1CCC2C(CCN)CNC2C1. The van der Waals surface area contributed by atoms with Gasteiger partial charge in [-0.25, -0.2) is 0 Å². The van der Waals surface area contributed by atoms with Gasteiger partial charge in [0.1, 0.15) is 0 Å². The molecule has 0 radical (unpaired) electrons. The first-order valence-electron chi connectivity index (χ1n) is 5.81. The number of rotatable bonds is 3. The predicted molar refractivity (Wildman–Crippen MR) is 57.1 cm³/mol. The molecule has 2 fully saturated rings. The van der Waals surface area contributed by atoms with Crippen LogP contribution in [-0.4, -0.2) is 32.3 Å². The number of nitrogens with one attached hydrogen (secondary N) is 1. The molecule has 14 heavy (non-hydrogen) atoms. The molecule has 2 aliphatic rings. The van der Waals surface area contributed by atoms with Gasteiger partial charge in [0.25, 0.3) is 0 Å². The summed E-state index contributed by atoms with van der Waals surface area (Å²) >= 11 is 0. The van der Waals surface area contributed by atoms with Crippen LogP contribution >= 0.6 is 0 Å². The lowest BCUT2D eigenvalue weighted by molar-refractivity contribution is 0.0440. The van der Waals surface area contributed by atoms with Crippen LogP contribution in [0, 0.1) is 11.8 Å². The first-order valence-corrected chi connectivity index (χ1v) is 5.81. The van der Waals surface area contributed by atoms with Crippen LogP contribution in [0.4, 0.5) is 0 Å². The zero-order chi connectivity index (χ0) is 9.97. The molecule has 0 bridgehead atoms. The number of ether oxygens (including phenoxy) is 1. The monoisotopic (exact) mass is 198 g/mol. The van der Waals surface area contributed by atoms with Gasteiger partial charge in [0.2, 0.25) is 0 Å². The Kier molecular flexibility index (Phi) is 3.42. The summed E-state index contributed by atoms with van der Waals surface area (Å²) in [5.41, 5.74) is 5.63. The molecule has 0 spiro atoms. The Labute approximate surface area is 86.4 Å². The van der Waals surface area contributed by atoms with E-state index in [-0.39, 0.29) is 0 Å². The first kappa shape index (κ1) is 10.4. The first-order chi connectivity index (χ1) is 6.85. The van der Waals surface area contributed by atoms with Crippen LogP contribution in [0.25, 0.3) is 0 Å². The quantitative estimate of drug-likeness (QED) is 0.703. The standard InChI is InChI=1S/C11H22N2O/c1-14-9-2-3-10-8(4-5-12)7-13-11(10)6-9/h8-11,13H,2-7,12H2,1H3. The van der Waals surface area contributed by atoms with Gasteiger partial charge in [-0.15, -0.1) is 0 Å². The molecule has 0 aromatic carbocycles. The van der Waals surface area contributed by atoms with Crippen molar-refractivity contribution in [2.75, 3.05) is 20.2 Å². The summed E-state index contributed by atoms with van der Waals surface area (Å²) in [7, 11) is 1.83. The number of hydrogen-bond donors (Lipinski definition) is 2. The highest BCUT2D eigenvalue weighted by Gasteiger charge is 2.39. The molecule has 1 aliphatic heterocycles. The van der Waals surface area contributed by atoms with Crippen molar-refractivity contribution in [1.29, 1.82) is 0 Å². The molecule has 0 aromatic heterocycles. The van der Waals surface area contributed by atoms with Crippen molar-refractivity contribution in [2.45, 2.75) is 37.8 Å². The Bertz CT molecular complexity index is 186. The van der Waals surface area contributed by atoms with Gasteiger partial charge in [0.05, 0.1) is 6.10 Å². The van der Waals surface area contributed by atoms with Gasteiger partial charge in [-0.05, 0) is 50.6 Å². The number of fused-ring (bicyclic) bond motifs is 1. The van der Waals surface area contributed by atoms with E-state index in [0.717, 1.165) is 18.4 Å². The van der Waals surface area contributed by atoms with Crippen LogP contribution in [0.2, 0.25) is 0 Å². The second kappa shape index (κ2) is 4.60. The summed E-state index contributed by atoms with van der Waals surface area (Å²) in [6.45, 7) is 2.01. The second-order valence-corrected chi connectivity index (χ2v) is 4.69. The Morgan fingerprint density at radius 3 is 3.00 bits per heavy atom. The highest BCUT2D eigenvalue weighted by molar-refractivity contribution is 4.95. The van der Waals surface area contributed by atoms with Gasteiger partial charge in [-0.3, -0.25) is 0 Å². The van der Waals surface area contributed by atoms with Crippen LogP contribution in [-0.2, 0) is 4.74 Å². The zero-order valence-electron chi connectivity index (χ0n) is 9.04. The van der Waals surface area contributed by atoms with Crippen LogP contribution in [0.1, 0.15) is 25.7 Å². The van der Waals surface area contributed by atoms with E-state index in [2.05, 4.69) is 5.32 Å². The Morgan fingerprint density at radius 1 is 1.43 bits per heavy atom. The van der Waals surface area contributed by atoms with Gasteiger partial charge in [0.15, 0.2) is 0 Å². The highest BCUT2D eigenvalue weighted by atomic mass is 16.5. The van der Waals surface area contributed by atoms with Crippen LogP contribution in [0.5, 0.6) is 0 Å². The molecule has 0 amide bonds. The maximum atomic E-state index is 5.63. The molecule has 1 saturated carbocycles. The van der Waals surface area contributed by atoms with Crippen molar-refractivity contribution in [1.82, 2.24) is 5.32 Å². The Hall–Kier alpha value is -0.120. The molecule has 1 saturated heterocycles. The van der Waals surface area contributed by atoms with Crippen molar-refractivity contribution in [2.24, 2.45) is 17.6 Å². The lowest BCUT2D eigenvalue weighted by Crippen LogP contribution is -2.37. The van der Waals surface area contributed by atoms with E-state index in [9.17, 15) is 0 Å². The molecule has 3 heteroatoms. The summed E-state index contributed by atoms with van der Waals surface area (Å²) < 4.78 is 5.43. The Morgan fingerprint density at radius 2 is 2.29 bits per heavy atom. The second-order valence-electron chi connectivity index (χ2n) is 4.69. The van der Waals surface area contributed by atoms with Gasteiger partial charge < -0.3 is 15.8 Å². The molecule has 1 heterocycles. The maximum Gasteiger partial charge on any atom is 0.0586 e. The number of hydrogen-bond acceptors (Lipinski definition) is 3. The Balaban J connectivity index is 1.89. The lowest BCUT2D eigenvalue weighted by Gasteiger charge is -2.33. The summed E-state index contributed by atoms with van der Waals surface area (Å²) in [5.74, 6) is 1.69. The van der Waals surface area contributed by atoms with E-state index < -0.39 is 0 Å². The third-order valence-corrected chi connectivity index (χ3v) is 3.97. The average molecular weight is 198 g/mol. The third-order valence-electron chi connectivity index (χ3n) is 3.97. The summed E-state index contributed by atoms with van der Waals surface area (Å²) in [6.07, 6.45) is 5.43. The van der Waals surface area contributed by atoms with Crippen LogP contribution in [0.3, 0.4) is 0 Å². The minimum atomic E-state index is 0.486. The fraction of sp³-hybridized carbons (Fsp3) is 1.00. The molecule has 4 atom stereocenters. The summed E-state index contributed by atoms with van der Waals surface area (Å²) in [4.78, 5) is 0. The van der Waals surface area contributed by atoms with E-state index in [1.54, 1.807) is 0 Å². The van der Waals surface area contributed by atoms with E-state index >= 15 is 0 Å². The van der Waals surface area contributed by atoms with Gasteiger partial charge >= 0.3 is 0 Å². The number of nitrogens with two attached hydrogens (primary N) is 1. The molecular weight excluding hydrogens is 176 g/mol. The van der Waals surface area contributed by atoms with Crippen molar-refractivity contribution < 1.29 is 4.74 Å². The molecule has 2 rings (SSSR count). The minimum Gasteiger partial charge on any atom is -0.381 e. The lowest BCUT2D eigenvalue weighted by atomic mass is 9.77. The van der Waals surface area contributed by atoms with Crippen molar-refractivity contribution >= 4 is 0 Å². The molecule has 4 unspecified atom stereocenters. The summed E-state index contributed by atoms with van der Waals surface area (Å²) in [6, 6.07) is 0.699. The fourth-order valence-corrected chi connectivity index (χ4v) is 3.15. The molecule has 82 valence electrons. The van der Waals surface area contributed by atoms with E-state index in [0.29, 0.717) is 12.1 Å². The average Bonchev–Trinajstić information content (AvgIpc) is 2.61. The normalized spacial score (nSPS) is 42.4. The molecule has 3 N–H and O–H groups in total. The minimum absolute atomic E-state index is 0.486. The molecular formula is C11H22N2O. The topological polar surface area (TPSA) is 47.3 Å². The van der Waals surface area contributed by atoms with Gasteiger partial charge in [-0.2, -0.15) is 0 Å². The van der Waals surface area contributed by atoms with Crippen molar-refractivity contribution in [3.05, 3.63) is 0 Å². The van der Waals surface area contributed by atoms with Crippen molar-refractivity contribution in [3.63, 3.8) is 0 Å².